The van der Waals surface area contributed by atoms with Crippen molar-refractivity contribution >= 4 is 23.8 Å². The Labute approximate surface area is 86.6 Å². The van der Waals surface area contributed by atoms with Gasteiger partial charge in [0.2, 0.25) is 5.91 Å². The highest BCUT2D eigenvalue weighted by atomic mass is 32.2. The topological polar surface area (TPSA) is 57.6 Å². The summed E-state index contributed by atoms with van der Waals surface area (Å²) in [6, 6.07) is 0. The van der Waals surface area contributed by atoms with Gasteiger partial charge in [-0.15, -0.1) is 0 Å². The molecule has 0 saturated carbocycles. The standard InChI is InChI=1S/C9H13NO3S/c11-7-5-9(1-3-14-4-2-9)6-10(7)8(12)13/h1-6H2,(H,12,13). The molecular formula is C9H13NO3S. The van der Waals surface area contributed by atoms with Gasteiger partial charge in [-0.1, -0.05) is 0 Å². The van der Waals surface area contributed by atoms with E-state index in [4.69, 9.17) is 5.11 Å². The molecule has 78 valence electrons. The zero-order valence-electron chi connectivity index (χ0n) is 7.86. The maximum absolute atomic E-state index is 11.4. The highest BCUT2D eigenvalue weighted by Gasteiger charge is 2.45. The fraction of sp³-hybridized carbons (Fsp3) is 0.778. The van der Waals surface area contributed by atoms with Crippen molar-refractivity contribution in [3.8, 4) is 0 Å². The predicted octanol–water partition coefficient (Wildman–Crippen LogP) is 1.41. The zero-order valence-corrected chi connectivity index (χ0v) is 8.68. The second kappa shape index (κ2) is 3.46. The molecule has 5 heteroatoms. The maximum atomic E-state index is 11.4. The molecule has 0 radical (unpaired) electrons. The molecule has 0 unspecified atom stereocenters. The molecule has 2 fully saturated rings. The van der Waals surface area contributed by atoms with E-state index in [0.29, 0.717) is 13.0 Å². The van der Waals surface area contributed by atoms with Crippen LogP contribution < -0.4 is 0 Å². The molecule has 1 spiro atoms. The van der Waals surface area contributed by atoms with Gasteiger partial charge in [0, 0.05) is 13.0 Å². The van der Waals surface area contributed by atoms with Gasteiger partial charge < -0.3 is 5.11 Å². The van der Waals surface area contributed by atoms with Gasteiger partial charge in [0.1, 0.15) is 0 Å². The van der Waals surface area contributed by atoms with Crippen LogP contribution in [0.5, 0.6) is 0 Å². The highest BCUT2D eigenvalue weighted by Crippen LogP contribution is 2.43. The Morgan fingerprint density at radius 1 is 1.43 bits per heavy atom. The Balaban J connectivity index is 2.10. The van der Waals surface area contributed by atoms with Crippen LogP contribution in [-0.2, 0) is 4.79 Å². The van der Waals surface area contributed by atoms with E-state index >= 15 is 0 Å². The Bertz CT molecular complexity index is 273. The monoisotopic (exact) mass is 215 g/mol. The molecule has 2 heterocycles. The highest BCUT2D eigenvalue weighted by molar-refractivity contribution is 7.99. The van der Waals surface area contributed by atoms with Crippen molar-refractivity contribution in [2.24, 2.45) is 5.41 Å². The van der Waals surface area contributed by atoms with Crippen LogP contribution in [0.4, 0.5) is 4.79 Å². The number of hydrogen-bond acceptors (Lipinski definition) is 3. The number of carboxylic acid groups (broad SMARTS) is 1. The van der Waals surface area contributed by atoms with E-state index in [0.717, 1.165) is 29.2 Å². The van der Waals surface area contributed by atoms with Gasteiger partial charge in [-0.2, -0.15) is 11.8 Å². The van der Waals surface area contributed by atoms with Crippen LogP contribution >= 0.6 is 11.8 Å². The smallest absolute Gasteiger partial charge is 0.414 e. The van der Waals surface area contributed by atoms with Gasteiger partial charge in [-0.05, 0) is 29.8 Å². The molecule has 0 aromatic carbocycles. The number of amides is 2. The summed E-state index contributed by atoms with van der Waals surface area (Å²) in [6.07, 6.45) is 1.30. The molecule has 0 aliphatic carbocycles. The number of hydrogen-bond donors (Lipinski definition) is 1. The first-order valence-electron chi connectivity index (χ1n) is 4.74. The minimum absolute atomic E-state index is 0.0271. The molecule has 2 saturated heterocycles. The Morgan fingerprint density at radius 3 is 2.57 bits per heavy atom. The molecular weight excluding hydrogens is 202 g/mol. The molecule has 14 heavy (non-hydrogen) atoms. The van der Waals surface area contributed by atoms with Crippen molar-refractivity contribution in [3.05, 3.63) is 0 Å². The lowest BCUT2D eigenvalue weighted by Gasteiger charge is -2.31. The largest absolute Gasteiger partial charge is 0.465 e. The molecule has 2 amide bonds. The average Bonchev–Trinajstić information content (AvgIpc) is 2.44. The third kappa shape index (κ3) is 1.61. The van der Waals surface area contributed by atoms with Crippen LogP contribution in [-0.4, -0.2) is 40.1 Å². The summed E-state index contributed by atoms with van der Waals surface area (Å²) in [5, 5.41) is 8.80. The summed E-state index contributed by atoms with van der Waals surface area (Å²) in [7, 11) is 0. The number of carbonyl (C=O) groups excluding carboxylic acids is 1. The first kappa shape index (κ1) is 9.83. The molecule has 0 bridgehead atoms. The van der Waals surface area contributed by atoms with Crippen molar-refractivity contribution in [1.29, 1.82) is 0 Å². The van der Waals surface area contributed by atoms with Gasteiger partial charge in [0.25, 0.3) is 0 Å². The molecule has 4 nitrogen and oxygen atoms in total. The normalized spacial score (nSPS) is 25.7. The second-order valence-electron chi connectivity index (χ2n) is 4.05. The number of nitrogens with zero attached hydrogens (tertiary/aromatic N) is 1. The van der Waals surface area contributed by atoms with Crippen LogP contribution in [0.25, 0.3) is 0 Å². The van der Waals surface area contributed by atoms with E-state index in [1.807, 2.05) is 11.8 Å². The van der Waals surface area contributed by atoms with Gasteiger partial charge in [-0.25, -0.2) is 9.69 Å². The lowest BCUT2D eigenvalue weighted by Crippen LogP contribution is -2.34. The van der Waals surface area contributed by atoms with Crippen LogP contribution in [0, 0.1) is 5.41 Å². The van der Waals surface area contributed by atoms with E-state index in [-0.39, 0.29) is 11.3 Å². The molecule has 0 atom stereocenters. The van der Waals surface area contributed by atoms with Crippen molar-refractivity contribution in [3.63, 3.8) is 0 Å². The van der Waals surface area contributed by atoms with E-state index in [9.17, 15) is 9.59 Å². The van der Waals surface area contributed by atoms with Crippen molar-refractivity contribution in [2.75, 3.05) is 18.1 Å². The van der Waals surface area contributed by atoms with Gasteiger partial charge in [0.15, 0.2) is 0 Å². The number of likely N-dealkylation sites (tertiary alicyclic amines) is 1. The molecule has 0 aromatic heterocycles. The molecule has 2 aliphatic heterocycles. The summed E-state index contributed by atoms with van der Waals surface area (Å²) in [5.74, 6) is 1.89. The zero-order chi connectivity index (χ0) is 10.2. The average molecular weight is 215 g/mol. The Morgan fingerprint density at radius 2 is 2.07 bits per heavy atom. The molecule has 0 aromatic rings. The van der Waals surface area contributed by atoms with E-state index in [2.05, 4.69) is 0 Å². The number of rotatable bonds is 0. The van der Waals surface area contributed by atoms with Crippen LogP contribution in [0.2, 0.25) is 0 Å². The molecule has 2 rings (SSSR count). The predicted molar refractivity (Wildman–Crippen MR) is 53.3 cm³/mol. The van der Waals surface area contributed by atoms with Gasteiger partial charge in [0.05, 0.1) is 0 Å². The lowest BCUT2D eigenvalue weighted by molar-refractivity contribution is -0.126. The second-order valence-corrected chi connectivity index (χ2v) is 5.28. The fourth-order valence-corrected chi connectivity index (χ4v) is 3.57. The van der Waals surface area contributed by atoms with Crippen LogP contribution in [0.3, 0.4) is 0 Å². The van der Waals surface area contributed by atoms with E-state index in [1.165, 1.54) is 0 Å². The minimum atomic E-state index is -1.09. The van der Waals surface area contributed by atoms with E-state index < -0.39 is 6.09 Å². The van der Waals surface area contributed by atoms with Gasteiger partial charge >= 0.3 is 6.09 Å². The summed E-state index contributed by atoms with van der Waals surface area (Å²) in [6.45, 7) is 0.418. The summed E-state index contributed by atoms with van der Waals surface area (Å²) in [4.78, 5) is 23.1. The quantitative estimate of drug-likeness (QED) is 0.663. The molecule has 1 N–H and O–H groups in total. The third-order valence-electron chi connectivity index (χ3n) is 3.11. The Kier molecular flexibility index (Phi) is 2.43. The summed E-state index contributed by atoms with van der Waals surface area (Å²) in [5.41, 5.74) is -0.0271. The summed E-state index contributed by atoms with van der Waals surface area (Å²) < 4.78 is 0. The first-order valence-corrected chi connectivity index (χ1v) is 5.90. The van der Waals surface area contributed by atoms with Crippen molar-refractivity contribution < 1.29 is 14.7 Å². The van der Waals surface area contributed by atoms with Crippen molar-refractivity contribution in [2.45, 2.75) is 19.3 Å². The SMILES string of the molecule is O=C(O)N1CC2(CCSCC2)CC1=O. The number of imide groups is 1. The minimum Gasteiger partial charge on any atom is -0.465 e. The fourth-order valence-electron chi connectivity index (χ4n) is 2.21. The van der Waals surface area contributed by atoms with Gasteiger partial charge in [-0.3, -0.25) is 4.79 Å². The van der Waals surface area contributed by atoms with Crippen LogP contribution in [0.1, 0.15) is 19.3 Å². The van der Waals surface area contributed by atoms with Crippen LogP contribution in [0.15, 0.2) is 0 Å². The van der Waals surface area contributed by atoms with E-state index in [1.54, 1.807) is 0 Å². The number of carbonyl (C=O) groups is 2. The lowest BCUT2D eigenvalue weighted by atomic mass is 9.81. The maximum Gasteiger partial charge on any atom is 0.414 e. The van der Waals surface area contributed by atoms with Crippen molar-refractivity contribution in [1.82, 2.24) is 4.90 Å². The third-order valence-corrected chi connectivity index (χ3v) is 4.09. The number of thioether (sulfide) groups is 1. The Hall–Kier alpha value is -0.710. The summed E-state index contributed by atoms with van der Waals surface area (Å²) >= 11 is 1.89. The first-order chi connectivity index (χ1) is 6.63. The molecule has 2 aliphatic rings.